The quantitative estimate of drug-likeness (QED) is 0.830. The molecular formula is C12H18N6O. The maximum Gasteiger partial charge on any atom is 0.158 e. The molecule has 0 spiro atoms. The van der Waals surface area contributed by atoms with Crippen LogP contribution in [-0.2, 0) is 24.9 Å². The van der Waals surface area contributed by atoms with Crippen molar-refractivity contribution in [3.8, 4) is 0 Å². The molecule has 0 aliphatic carbocycles. The number of aromatic nitrogens is 4. The van der Waals surface area contributed by atoms with Crippen LogP contribution in [0.1, 0.15) is 17.1 Å². The van der Waals surface area contributed by atoms with Crippen LogP contribution in [-0.4, -0.2) is 26.9 Å². The van der Waals surface area contributed by atoms with Gasteiger partial charge in [-0.25, -0.2) is 9.97 Å². The number of methoxy groups -OCH3 is 1. The molecule has 7 heteroatoms. The fourth-order valence-corrected chi connectivity index (χ4v) is 1.81. The SMILES string of the molecule is COCc1nc(N)cc(NCc2cn(C)nc2C)n1. The summed E-state index contributed by atoms with van der Waals surface area (Å²) in [7, 11) is 3.49. The Bertz CT molecular complexity index is 565. The molecule has 0 saturated carbocycles. The molecule has 0 amide bonds. The number of ether oxygens (including phenoxy) is 1. The molecule has 0 bridgehead atoms. The van der Waals surface area contributed by atoms with Gasteiger partial charge in [0.25, 0.3) is 0 Å². The molecule has 2 heterocycles. The van der Waals surface area contributed by atoms with E-state index in [9.17, 15) is 0 Å². The van der Waals surface area contributed by atoms with Crippen molar-refractivity contribution in [2.45, 2.75) is 20.1 Å². The number of nitrogens with two attached hydrogens (primary N) is 1. The minimum Gasteiger partial charge on any atom is -0.384 e. The fraction of sp³-hybridized carbons (Fsp3) is 0.417. The van der Waals surface area contributed by atoms with Crippen molar-refractivity contribution in [3.05, 3.63) is 29.3 Å². The van der Waals surface area contributed by atoms with E-state index in [1.165, 1.54) is 0 Å². The van der Waals surface area contributed by atoms with Crippen LogP contribution >= 0.6 is 0 Å². The van der Waals surface area contributed by atoms with E-state index in [-0.39, 0.29) is 0 Å². The molecule has 0 aliphatic heterocycles. The van der Waals surface area contributed by atoms with Crippen molar-refractivity contribution in [2.75, 3.05) is 18.2 Å². The van der Waals surface area contributed by atoms with Crippen molar-refractivity contribution in [2.24, 2.45) is 7.05 Å². The Morgan fingerprint density at radius 2 is 2.21 bits per heavy atom. The molecule has 0 atom stereocenters. The van der Waals surface area contributed by atoms with Gasteiger partial charge in [-0.05, 0) is 6.92 Å². The van der Waals surface area contributed by atoms with Gasteiger partial charge in [0.15, 0.2) is 5.82 Å². The molecule has 0 aliphatic rings. The molecular weight excluding hydrogens is 244 g/mol. The van der Waals surface area contributed by atoms with E-state index in [0.717, 1.165) is 11.3 Å². The van der Waals surface area contributed by atoms with Crippen molar-refractivity contribution >= 4 is 11.6 Å². The molecule has 19 heavy (non-hydrogen) atoms. The molecule has 102 valence electrons. The van der Waals surface area contributed by atoms with Crippen LogP contribution < -0.4 is 11.1 Å². The highest BCUT2D eigenvalue weighted by Gasteiger charge is 2.05. The predicted octanol–water partition coefficient (Wildman–Crippen LogP) is 0.859. The number of nitrogens with one attached hydrogen (secondary N) is 1. The Morgan fingerprint density at radius 3 is 2.84 bits per heavy atom. The first kappa shape index (κ1) is 13.3. The number of nitrogen functional groups attached to an aromatic ring is 1. The summed E-state index contributed by atoms with van der Waals surface area (Å²) in [5, 5.41) is 7.50. The normalized spacial score (nSPS) is 10.7. The number of nitrogens with zero attached hydrogens (tertiary/aromatic N) is 4. The lowest BCUT2D eigenvalue weighted by Crippen LogP contribution is -2.07. The van der Waals surface area contributed by atoms with Crippen LogP contribution in [0.5, 0.6) is 0 Å². The van der Waals surface area contributed by atoms with Crippen LogP contribution in [0, 0.1) is 6.92 Å². The van der Waals surface area contributed by atoms with E-state index in [4.69, 9.17) is 10.5 Å². The van der Waals surface area contributed by atoms with Crippen LogP contribution in [0.25, 0.3) is 0 Å². The number of hydrogen-bond donors (Lipinski definition) is 2. The Morgan fingerprint density at radius 1 is 1.42 bits per heavy atom. The van der Waals surface area contributed by atoms with E-state index in [1.54, 1.807) is 17.9 Å². The van der Waals surface area contributed by atoms with E-state index in [2.05, 4.69) is 20.4 Å². The van der Waals surface area contributed by atoms with Crippen molar-refractivity contribution in [1.82, 2.24) is 19.7 Å². The lowest BCUT2D eigenvalue weighted by Gasteiger charge is -2.07. The van der Waals surface area contributed by atoms with E-state index in [0.29, 0.717) is 30.6 Å². The summed E-state index contributed by atoms with van der Waals surface area (Å²) in [5.74, 6) is 1.67. The highest BCUT2D eigenvalue weighted by Crippen LogP contribution is 2.12. The number of aryl methyl sites for hydroxylation is 2. The van der Waals surface area contributed by atoms with Crippen LogP contribution in [0.4, 0.5) is 11.6 Å². The second-order valence-corrected chi connectivity index (χ2v) is 4.29. The molecule has 2 aromatic heterocycles. The smallest absolute Gasteiger partial charge is 0.158 e. The number of hydrogen-bond acceptors (Lipinski definition) is 6. The summed E-state index contributed by atoms with van der Waals surface area (Å²) >= 11 is 0. The van der Waals surface area contributed by atoms with Gasteiger partial charge in [0.1, 0.15) is 18.2 Å². The van der Waals surface area contributed by atoms with Gasteiger partial charge in [0, 0.05) is 38.5 Å². The lowest BCUT2D eigenvalue weighted by atomic mass is 10.2. The van der Waals surface area contributed by atoms with Gasteiger partial charge in [0.2, 0.25) is 0 Å². The molecule has 2 aromatic rings. The van der Waals surface area contributed by atoms with Gasteiger partial charge in [-0.15, -0.1) is 0 Å². The van der Waals surface area contributed by atoms with Gasteiger partial charge >= 0.3 is 0 Å². The zero-order chi connectivity index (χ0) is 13.8. The van der Waals surface area contributed by atoms with E-state index < -0.39 is 0 Å². The second-order valence-electron chi connectivity index (χ2n) is 4.29. The van der Waals surface area contributed by atoms with Crippen LogP contribution in [0.2, 0.25) is 0 Å². The van der Waals surface area contributed by atoms with Gasteiger partial charge in [-0.3, -0.25) is 4.68 Å². The third kappa shape index (κ3) is 3.41. The molecule has 0 saturated heterocycles. The first-order valence-corrected chi connectivity index (χ1v) is 5.94. The standard InChI is InChI=1S/C12H18N6O/c1-8-9(6-18(2)17-8)5-14-11-4-10(13)15-12(16-11)7-19-3/h4,6H,5,7H2,1-3H3,(H3,13,14,15,16). The molecule has 7 nitrogen and oxygen atoms in total. The third-order valence-corrected chi connectivity index (χ3v) is 2.64. The molecule has 2 rings (SSSR count). The maximum atomic E-state index is 5.73. The van der Waals surface area contributed by atoms with E-state index in [1.807, 2.05) is 20.2 Å². The average Bonchev–Trinajstić information content (AvgIpc) is 2.65. The third-order valence-electron chi connectivity index (χ3n) is 2.64. The predicted molar refractivity (Wildman–Crippen MR) is 72.4 cm³/mol. The Kier molecular flexibility index (Phi) is 3.96. The zero-order valence-electron chi connectivity index (χ0n) is 11.3. The molecule has 0 radical (unpaired) electrons. The highest BCUT2D eigenvalue weighted by atomic mass is 16.5. The second kappa shape index (κ2) is 5.66. The number of anilines is 2. The highest BCUT2D eigenvalue weighted by molar-refractivity contribution is 5.45. The zero-order valence-corrected chi connectivity index (χ0v) is 11.3. The van der Waals surface area contributed by atoms with Gasteiger partial charge < -0.3 is 15.8 Å². The summed E-state index contributed by atoms with van der Waals surface area (Å²) in [6.07, 6.45) is 1.98. The Balaban J connectivity index is 2.08. The first-order chi connectivity index (χ1) is 9.08. The molecule has 0 fully saturated rings. The van der Waals surface area contributed by atoms with Crippen molar-refractivity contribution in [1.29, 1.82) is 0 Å². The van der Waals surface area contributed by atoms with E-state index >= 15 is 0 Å². The monoisotopic (exact) mass is 262 g/mol. The van der Waals surface area contributed by atoms with Crippen molar-refractivity contribution in [3.63, 3.8) is 0 Å². The largest absolute Gasteiger partial charge is 0.384 e. The number of rotatable bonds is 5. The van der Waals surface area contributed by atoms with Crippen LogP contribution in [0.15, 0.2) is 12.3 Å². The average molecular weight is 262 g/mol. The van der Waals surface area contributed by atoms with Gasteiger partial charge in [-0.2, -0.15) is 5.10 Å². The minimum absolute atomic E-state index is 0.339. The first-order valence-electron chi connectivity index (χ1n) is 5.94. The summed E-state index contributed by atoms with van der Waals surface area (Å²) in [4.78, 5) is 8.41. The summed E-state index contributed by atoms with van der Waals surface area (Å²) in [5.41, 5.74) is 7.84. The topological polar surface area (TPSA) is 90.9 Å². The van der Waals surface area contributed by atoms with Crippen molar-refractivity contribution < 1.29 is 4.74 Å². The Labute approximate surface area is 111 Å². The summed E-state index contributed by atoms with van der Waals surface area (Å²) < 4.78 is 6.79. The summed E-state index contributed by atoms with van der Waals surface area (Å²) in [6.45, 7) is 2.95. The lowest BCUT2D eigenvalue weighted by molar-refractivity contribution is 0.178. The van der Waals surface area contributed by atoms with Gasteiger partial charge in [0.05, 0.1) is 5.69 Å². The van der Waals surface area contributed by atoms with Crippen LogP contribution in [0.3, 0.4) is 0 Å². The maximum absolute atomic E-state index is 5.73. The molecule has 3 N–H and O–H groups in total. The van der Waals surface area contributed by atoms with Gasteiger partial charge in [-0.1, -0.05) is 0 Å². The Hall–Kier alpha value is -2.15. The molecule has 0 unspecified atom stereocenters. The minimum atomic E-state index is 0.339. The summed E-state index contributed by atoms with van der Waals surface area (Å²) in [6, 6.07) is 1.70. The fourth-order valence-electron chi connectivity index (χ4n) is 1.81. The molecule has 0 aromatic carbocycles.